The number of esters is 1. The van der Waals surface area contributed by atoms with Gasteiger partial charge in [0.15, 0.2) is 0 Å². The molecule has 0 saturated carbocycles. The van der Waals surface area contributed by atoms with Gasteiger partial charge < -0.3 is 18.9 Å². The first-order valence-corrected chi connectivity index (χ1v) is 27.2. The Hall–Kier alpha value is -2.06. The van der Waals surface area contributed by atoms with Crippen LogP contribution in [0.25, 0.3) is 0 Å². The smallest absolute Gasteiger partial charge is 0.457 e. The van der Waals surface area contributed by atoms with Crippen molar-refractivity contribution in [2.45, 2.75) is 213 Å². The average Bonchev–Trinajstić information content (AvgIpc) is 3.24. The molecule has 0 radical (unpaired) electrons. The number of hydrogen-bond acceptors (Lipinski definition) is 6. The van der Waals surface area contributed by atoms with E-state index in [1.807, 2.05) is 21.1 Å². The summed E-state index contributed by atoms with van der Waals surface area (Å²) in [5, 5.41) is 0. The summed E-state index contributed by atoms with van der Waals surface area (Å²) in [6, 6.07) is 0. The van der Waals surface area contributed by atoms with Crippen molar-refractivity contribution in [3.05, 3.63) is 72.9 Å². The minimum atomic E-state index is -4.29. The van der Waals surface area contributed by atoms with E-state index in [-0.39, 0.29) is 25.8 Å². The lowest BCUT2D eigenvalue weighted by atomic mass is 10.1. The molecule has 8 nitrogen and oxygen atoms in total. The van der Waals surface area contributed by atoms with Crippen molar-refractivity contribution in [3.8, 4) is 0 Å². The van der Waals surface area contributed by atoms with Crippen LogP contribution >= 0.6 is 7.82 Å². The Balaban J connectivity index is 4.16. The Morgan fingerprint density at radius 1 is 0.508 bits per heavy atom. The van der Waals surface area contributed by atoms with Crippen LogP contribution in [0.1, 0.15) is 206 Å². The fourth-order valence-corrected chi connectivity index (χ4v) is 7.55. The Kier molecular flexibility index (Phi) is 44.9. The van der Waals surface area contributed by atoms with Crippen molar-refractivity contribution in [1.82, 2.24) is 0 Å². The number of likely N-dealkylation sites (N-methyl/N-ethyl adjacent to an activating group) is 1. The summed E-state index contributed by atoms with van der Waals surface area (Å²) < 4.78 is 35.1. The first-order valence-electron chi connectivity index (χ1n) is 25.7. The van der Waals surface area contributed by atoms with E-state index < -0.39 is 13.9 Å². The molecule has 0 aliphatic heterocycles. The van der Waals surface area contributed by atoms with E-state index in [1.54, 1.807) is 0 Å². The standard InChI is InChI=1S/C54H98NO7P/c1-6-8-10-12-14-16-18-20-22-24-25-26-27-28-29-30-32-34-36-38-40-42-44-46-49-59-51-53(52-61-63(57,58)60-50-48-55(3,4)5)62-54(56)47-45-43-41-39-37-35-33-31-23-21-19-17-15-13-11-9-7-2/h9,11,15,17-18,20-21,23-25,27-28,53H,6-8,10,12-14,16,19,22,26,29-52H2,1-5H3/p+1/b11-9-,17-15-,20-18-,23-21-,25-24-,28-27-. The second kappa shape index (κ2) is 46.5. The first-order chi connectivity index (χ1) is 30.6. The molecule has 0 aliphatic rings. The van der Waals surface area contributed by atoms with Crippen LogP contribution in [0.5, 0.6) is 0 Å². The highest BCUT2D eigenvalue weighted by Crippen LogP contribution is 2.43. The summed E-state index contributed by atoms with van der Waals surface area (Å²) in [4.78, 5) is 23.0. The van der Waals surface area contributed by atoms with Crippen LogP contribution < -0.4 is 0 Å². The van der Waals surface area contributed by atoms with Crippen LogP contribution in [0, 0.1) is 0 Å². The number of nitrogens with zero attached hydrogens (tertiary/aromatic N) is 1. The highest BCUT2D eigenvalue weighted by atomic mass is 31.2. The van der Waals surface area contributed by atoms with Gasteiger partial charge in [-0.3, -0.25) is 13.8 Å². The van der Waals surface area contributed by atoms with Crippen molar-refractivity contribution >= 4 is 13.8 Å². The average molecular weight is 905 g/mol. The number of hydrogen-bond donors (Lipinski definition) is 1. The fraction of sp³-hybridized carbons (Fsp3) is 0.759. The molecule has 0 heterocycles. The molecule has 0 saturated heterocycles. The van der Waals surface area contributed by atoms with Crippen molar-refractivity contribution in [2.24, 2.45) is 0 Å². The zero-order chi connectivity index (χ0) is 46.2. The van der Waals surface area contributed by atoms with Crippen LogP contribution in [0.4, 0.5) is 0 Å². The maximum atomic E-state index is 12.7. The van der Waals surface area contributed by atoms with Crippen molar-refractivity contribution in [3.63, 3.8) is 0 Å². The first kappa shape index (κ1) is 60.9. The largest absolute Gasteiger partial charge is 0.472 e. The van der Waals surface area contributed by atoms with Crippen molar-refractivity contribution in [1.29, 1.82) is 0 Å². The van der Waals surface area contributed by atoms with Gasteiger partial charge in [-0.25, -0.2) is 4.57 Å². The second-order valence-corrected chi connectivity index (χ2v) is 19.6. The predicted octanol–water partition coefficient (Wildman–Crippen LogP) is 15.8. The highest BCUT2D eigenvalue weighted by molar-refractivity contribution is 7.47. The molecule has 2 atom stereocenters. The maximum Gasteiger partial charge on any atom is 0.472 e. The van der Waals surface area contributed by atoms with Crippen LogP contribution in [0.3, 0.4) is 0 Å². The molecular weight excluding hydrogens is 806 g/mol. The minimum Gasteiger partial charge on any atom is -0.457 e. The number of unbranched alkanes of at least 4 members (excludes halogenated alkanes) is 21. The van der Waals surface area contributed by atoms with Crippen LogP contribution in [-0.2, 0) is 27.9 Å². The topological polar surface area (TPSA) is 91.3 Å². The van der Waals surface area contributed by atoms with Crippen LogP contribution in [-0.4, -0.2) is 75.6 Å². The van der Waals surface area contributed by atoms with E-state index in [4.69, 9.17) is 18.5 Å². The monoisotopic (exact) mass is 905 g/mol. The second-order valence-electron chi connectivity index (χ2n) is 18.2. The maximum absolute atomic E-state index is 12.7. The molecule has 2 unspecified atom stereocenters. The molecule has 0 amide bonds. The molecule has 0 aromatic carbocycles. The molecule has 0 aliphatic carbocycles. The lowest BCUT2D eigenvalue weighted by molar-refractivity contribution is -0.870. The Labute approximate surface area is 389 Å². The molecule has 9 heteroatoms. The Bertz CT molecular complexity index is 1230. The summed E-state index contributed by atoms with van der Waals surface area (Å²) in [6.07, 6.45) is 60.9. The molecular formula is C54H99NO7P+. The lowest BCUT2D eigenvalue weighted by Gasteiger charge is -2.24. The van der Waals surface area contributed by atoms with Crippen molar-refractivity contribution in [2.75, 3.05) is 54.1 Å². The summed E-state index contributed by atoms with van der Waals surface area (Å²) in [6.45, 7) is 5.48. The van der Waals surface area contributed by atoms with E-state index in [1.165, 1.54) is 116 Å². The molecule has 0 spiro atoms. The van der Waals surface area contributed by atoms with Gasteiger partial charge in [-0.1, -0.05) is 189 Å². The van der Waals surface area contributed by atoms with Gasteiger partial charge in [-0.15, -0.1) is 0 Å². The predicted molar refractivity (Wildman–Crippen MR) is 270 cm³/mol. The van der Waals surface area contributed by atoms with Gasteiger partial charge in [0.25, 0.3) is 0 Å². The highest BCUT2D eigenvalue weighted by Gasteiger charge is 2.26. The van der Waals surface area contributed by atoms with Crippen molar-refractivity contribution < 1.29 is 37.3 Å². The lowest BCUT2D eigenvalue weighted by Crippen LogP contribution is -2.37. The van der Waals surface area contributed by atoms with E-state index >= 15 is 0 Å². The number of allylic oxidation sites excluding steroid dienone is 12. The summed E-state index contributed by atoms with van der Waals surface area (Å²) in [7, 11) is 1.65. The van der Waals surface area contributed by atoms with E-state index in [0.29, 0.717) is 24.1 Å². The number of ether oxygens (including phenoxy) is 2. The zero-order valence-corrected chi connectivity index (χ0v) is 42.4. The quantitative estimate of drug-likeness (QED) is 0.0214. The third kappa shape index (κ3) is 50.8. The number of carbonyl (C=O) groups excluding carboxylic acids is 1. The van der Waals surface area contributed by atoms with E-state index in [0.717, 1.165) is 70.6 Å². The molecule has 0 fully saturated rings. The summed E-state index contributed by atoms with van der Waals surface area (Å²) in [5.74, 6) is -0.327. The molecule has 0 rings (SSSR count). The molecule has 0 aromatic rings. The Morgan fingerprint density at radius 3 is 1.38 bits per heavy atom. The van der Waals surface area contributed by atoms with Gasteiger partial charge >= 0.3 is 13.8 Å². The third-order valence-electron chi connectivity index (χ3n) is 10.8. The fourth-order valence-electron chi connectivity index (χ4n) is 6.81. The van der Waals surface area contributed by atoms with Crippen LogP contribution in [0.15, 0.2) is 72.9 Å². The normalized spacial score (nSPS) is 14.2. The number of quaternary nitrogens is 1. The van der Waals surface area contributed by atoms with Gasteiger partial charge in [-0.2, -0.15) is 0 Å². The number of phosphoric acid groups is 1. The van der Waals surface area contributed by atoms with Gasteiger partial charge in [0.1, 0.15) is 19.3 Å². The third-order valence-corrected chi connectivity index (χ3v) is 11.7. The molecule has 366 valence electrons. The van der Waals surface area contributed by atoms with E-state index in [9.17, 15) is 14.3 Å². The van der Waals surface area contributed by atoms with Gasteiger partial charge in [0.05, 0.1) is 34.4 Å². The minimum absolute atomic E-state index is 0.0820. The summed E-state index contributed by atoms with van der Waals surface area (Å²) >= 11 is 0. The summed E-state index contributed by atoms with van der Waals surface area (Å²) in [5.41, 5.74) is 0. The zero-order valence-electron chi connectivity index (χ0n) is 41.5. The number of phosphoric ester groups is 1. The van der Waals surface area contributed by atoms with E-state index in [2.05, 4.69) is 86.8 Å². The molecule has 0 bridgehead atoms. The molecule has 1 N–H and O–H groups in total. The number of carbonyl (C=O) groups is 1. The van der Waals surface area contributed by atoms with Crippen LogP contribution in [0.2, 0.25) is 0 Å². The molecule has 0 aromatic heterocycles. The molecule has 63 heavy (non-hydrogen) atoms. The van der Waals surface area contributed by atoms with Gasteiger partial charge in [0, 0.05) is 13.0 Å². The van der Waals surface area contributed by atoms with Gasteiger partial charge in [0.2, 0.25) is 0 Å². The van der Waals surface area contributed by atoms with Gasteiger partial charge in [-0.05, 0) is 83.5 Å². The SMILES string of the molecule is CC/C=C\C/C=C\C/C=C\CCCCCCCCCC(=O)OC(COCCCCCCCCCCC/C=C\C/C=C\C/C=C\CCCCCCC)COP(=O)(O)OCC[N+](C)(C)C. The number of rotatable bonds is 47. The Morgan fingerprint density at radius 2 is 0.921 bits per heavy atom.